The summed E-state index contributed by atoms with van der Waals surface area (Å²) in [5, 5.41) is 3.81. The Morgan fingerprint density at radius 3 is 2.37 bits per heavy atom. The van der Waals surface area contributed by atoms with Gasteiger partial charge in [0.05, 0.1) is 13.7 Å². The van der Waals surface area contributed by atoms with Gasteiger partial charge in [0.1, 0.15) is 12.3 Å². The zero-order valence-electron chi connectivity index (χ0n) is 16.3. The van der Waals surface area contributed by atoms with Crippen LogP contribution in [0.5, 0.6) is 5.75 Å². The molecule has 0 aliphatic carbocycles. The van der Waals surface area contributed by atoms with Gasteiger partial charge in [0.15, 0.2) is 0 Å². The fourth-order valence-corrected chi connectivity index (χ4v) is 3.27. The maximum atomic E-state index is 13.1. The molecule has 0 atom stereocenters. The molecule has 0 saturated carbocycles. The van der Waals surface area contributed by atoms with Crippen LogP contribution in [0.1, 0.15) is 15.9 Å². The molecule has 0 bridgehead atoms. The summed E-state index contributed by atoms with van der Waals surface area (Å²) in [6, 6.07) is 20.8. The number of benzene rings is 3. The lowest BCUT2D eigenvalue weighted by Crippen LogP contribution is -2.37. The topological polar surface area (TPSA) is 58.6 Å². The van der Waals surface area contributed by atoms with Gasteiger partial charge in [-0.3, -0.25) is 9.59 Å². The van der Waals surface area contributed by atoms with Gasteiger partial charge in [-0.05, 0) is 48.5 Å². The van der Waals surface area contributed by atoms with E-state index in [1.807, 2.05) is 24.3 Å². The summed E-state index contributed by atoms with van der Waals surface area (Å²) in [4.78, 5) is 27.3. The summed E-state index contributed by atoms with van der Waals surface area (Å²) in [5.74, 6) is 0.00921. The van der Waals surface area contributed by atoms with Gasteiger partial charge in [-0.25, -0.2) is 0 Å². The van der Waals surface area contributed by atoms with Crippen molar-refractivity contribution in [1.29, 1.82) is 0 Å². The standard InChI is InChI=1S/C23H20Cl2N2O3/c1-30-21-8-3-2-5-17(21)14-27(23(29)16-9-11-18(24)12-10-16)15-22(28)26-20-7-4-6-19(25)13-20/h2-13H,14-15H2,1H3,(H,26,28). The van der Waals surface area contributed by atoms with Crippen molar-refractivity contribution in [3.05, 3.63) is 94.0 Å². The van der Waals surface area contributed by atoms with Crippen molar-refractivity contribution in [2.75, 3.05) is 19.0 Å². The number of methoxy groups -OCH3 is 1. The Kier molecular flexibility index (Phi) is 7.33. The van der Waals surface area contributed by atoms with Crippen molar-refractivity contribution in [1.82, 2.24) is 4.90 Å². The first-order valence-electron chi connectivity index (χ1n) is 9.18. The molecule has 154 valence electrons. The van der Waals surface area contributed by atoms with Crippen LogP contribution < -0.4 is 10.1 Å². The molecule has 0 aromatic heterocycles. The molecule has 0 unspecified atom stereocenters. The van der Waals surface area contributed by atoms with Crippen LogP contribution in [0.15, 0.2) is 72.8 Å². The predicted molar refractivity (Wildman–Crippen MR) is 119 cm³/mol. The van der Waals surface area contributed by atoms with Crippen LogP contribution in [0.4, 0.5) is 5.69 Å². The molecule has 3 aromatic rings. The molecule has 7 heteroatoms. The smallest absolute Gasteiger partial charge is 0.254 e. The van der Waals surface area contributed by atoms with E-state index in [2.05, 4.69) is 5.32 Å². The Hall–Kier alpha value is -3.02. The van der Waals surface area contributed by atoms with Gasteiger partial charge in [-0.1, -0.05) is 47.5 Å². The molecule has 0 spiro atoms. The second-order valence-corrected chi connectivity index (χ2v) is 7.41. The first-order chi connectivity index (χ1) is 14.5. The SMILES string of the molecule is COc1ccccc1CN(CC(=O)Nc1cccc(Cl)c1)C(=O)c1ccc(Cl)cc1. The van der Waals surface area contributed by atoms with E-state index in [-0.39, 0.29) is 24.9 Å². The van der Waals surface area contributed by atoms with Gasteiger partial charge >= 0.3 is 0 Å². The molecular weight excluding hydrogens is 423 g/mol. The molecular formula is C23H20Cl2N2O3. The molecule has 0 radical (unpaired) electrons. The Morgan fingerprint density at radius 2 is 1.67 bits per heavy atom. The Labute approximate surface area is 185 Å². The normalized spacial score (nSPS) is 10.4. The number of nitrogens with zero attached hydrogens (tertiary/aromatic N) is 1. The van der Waals surface area contributed by atoms with Crippen molar-refractivity contribution < 1.29 is 14.3 Å². The summed E-state index contributed by atoms with van der Waals surface area (Å²) in [6.45, 7) is 0.0560. The Balaban J connectivity index is 1.83. The first kappa shape index (κ1) is 21.7. The van der Waals surface area contributed by atoms with Gasteiger partial charge in [-0.2, -0.15) is 0 Å². The van der Waals surface area contributed by atoms with Crippen LogP contribution in [0.2, 0.25) is 10.0 Å². The largest absolute Gasteiger partial charge is 0.496 e. The number of hydrogen-bond donors (Lipinski definition) is 1. The highest BCUT2D eigenvalue weighted by molar-refractivity contribution is 6.31. The fraction of sp³-hybridized carbons (Fsp3) is 0.130. The van der Waals surface area contributed by atoms with Crippen molar-refractivity contribution in [2.24, 2.45) is 0 Å². The molecule has 0 aliphatic rings. The third-order valence-corrected chi connectivity index (χ3v) is 4.86. The Bertz CT molecular complexity index is 1040. The second kappa shape index (κ2) is 10.1. The molecule has 0 fully saturated rings. The molecule has 3 aromatic carbocycles. The van der Waals surface area contributed by atoms with E-state index < -0.39 is 0 Å². The summed E-state index contributed by atoms with van der Waals surface area (Å²) in [5.41, 5.74) is 1.78. The molecule has 0 heterocycles. The maximum absolute atomic E-state index is 13.1. The van der Waals surface area contributed by atoms with E-state index in [4.69, 9.17) is 27.9 Å². The van der Waals surface area contributed by atoms with Crippen molar-refractivity contribution in [3.63, 3.8) is 0 Å². The van der Waals surface area contributed by atoms with E-state index in [9.17, 15) is 9.59 Å². The van der Waals surface area contributed by atoms with E-state index in [1.165, 1.54) is 4.90 Å². The second-order valence-electron chi connectivity index (χ2n) is 6.54. The highest BCUT2D eigenvalue weighted by Crippen LogP contribution is 2.21. The lowest BCUT2D eigenvalue weighted by atomic mass is 10.1. The van der Waals surface area contributed by atoms with Crippen LogP contribution in [-0.2, 0) is 11.3 Å². The minimum atomic E-state index is -0.338. The highest BCUT2D eigenvalue weighted by Gasteiger charge is 2.21. The van der Waals surface area contributed by atoms with Gasteiger partial charge < -0.3 is 15.0 Å². The highest BCUT2D eigenvalue weighted by atomic mass is 35.5. The number of amides is 2. The van der Waals surface area contributed by atoms with Crippen molar-refractivity contribution in [3.8, 4) is 5.75 Å². The summed E-state index contributed by atoms with van der Waals surface area (Å²) < 4.78 is 5.39. The zero-order chi connectivity index (χ0) is 21.5. The van der Waals surface area contributed by atoms with Crippen LogP contribution in [0, 0.1) is 0 Å². The molecule has 3 rings (SSSR count). The summed E-state index contributed by atoms with van der Waals surface area (Å²) >= 11 is 11.9. The number of nitrogens with one attached hydrogen (secondary N) is 1. The summed E-state index contributed by atoms with van der Waals surface area (Å²) in [7, 11) is 1.57. The average Bonchev–Trinajstić information content (AvgIpc) is 2.73. The number of halogens is 2. The minimum Gasteiger partial charge on any atom is -0.496 e. The van der Waals surface area contributed by atoms with Gasteiger partial charge in [0.2, 0.25) is 5.91 Å². The number of rotatable bonds is 7. The fourth-order valence-electron chi connectivity index (χ4n) is 2.95. The third kappa shape index (κ3) is 5.75. The predicted octanol–water partition coefficient (Wildman–Crippen LogP) is 5.28. The molecule has 5 nitrogen and oxygen atoms in total. The van der Waals surface area contributed by atoms with Crippen LogP contribution in [0.25, 0.3) is 0 Å². The van der Waals surface area contributed by atoms with Crippen molar-refractivity contribution in [2.45, 2.75) is 6.54 Å². The number of carbonyl (C=O) groups excluding carboxylic acids is 2. The number of para-hydroxylation sites is 1. The zero-order valence-corrected chi connectivity index (χ0v) is 17.8. The number of hydrogen-bond acceptors (Lipinski definition) is 3. The van der Waals surface area contributed by atoms with Gasteiger partial charge in [0.25, 0.3) is 5.91 Å². The number of anilines is 1. The van der Waals surface area contributed by atoms with Gasteiger partial charge in [0, 0.05) is 26.9 Å². The van der Waals surface area contributed by atoms with E-state index in [1.54, 1.807) is 55.6 Å². The molecule has 2 amide bonds. The van der Waals surface area contributed by atoms with E-state index >= 15 is 0 Å². The Morgan fingerprint density at radius 1 is 0.933 bits per heavy atom. The quantitative estimate of drug-likeness (QED) is 0.541. The summed E-state index contributed by atoms with van der Waals surface area (Å²) in [6.07, 6.45) is 0. The lowest BCUT2D eigenvalue weighted by molar-refractivity contribution is -0.117. The van der Waals surface area contributed by atoms with Crippen molar-refractivity contribution >= 4 is 40.7 Å². The maximum Gasteiger partial charge on any atom is 0.254 e. The molecule has 0 aliphatic heterocycles. The number of carbonyl (C=O) groups is 2. The average molecular weight is 443 g/mol. The van der Waals surface area contributed by atoms with Crippen LogP contribution in [0.3, 0.4) is 0 Å². The number of ether oxygens (including phenoxy) is 1. The molecule has 0 saturated heterocycles. The lowest BCUT2D eigenvalue weighted by Gasteiger charge is -2.23. The molecule has 30 heavy (non-hydrogen) atoms. The minimum absolute atomic E-state index is 0.147. The molecule has 1 N–H and O–H groups in total. The van der Waals surface area contributed by atoms with Crippen LogP contribution in [-0.4, -0.2) is 30.4 Å². The third-order valence-electron chi connectivity index (χ3n) is 4.37. The van der Waals surface area contributed by atoms with E-state index in [0.29, 0.717) is 27.0 Å². The van der Waals surface area contributed by atoms with Gasteiger partial charge in [-0.15, -0.1) is 0 Å². The van der Waals surface area contributed by atoms with E-state index in [0.717, 1.165) is 5.56 Å². The first-order valence-corrected chi connectivity index (χ1v) is 9.94. The van der Waals surface area contributed by atoms with Crippen LogP contribution >= 0.6 is 23.2 Å². The monoisotopic (exact) mass is 442 g/mol.